The predicted molar refractivity (Wildman–Crippen MR) is 101 cm³/mol. The van der Waals surface area contributed by atoms with Gasteiger partial charge in [-0.25, -0.2) is 0 Å². The maximum atomic E-state index is 13.4. The Morgan fingerprint density at radius 1 is 1.12 bits per heavy atom. The van der Waals surface area contributed by atoms with Crippen LogP contribution in [0.25, 0.3) is 0 Å². The standard InChI is InChI=1S/C22H27NO3/c1-22(2)10-5-7-15-12-16(17(21(25)26)13-18(15)22)20(24)23-11-9-14-6-3-4-8-19(14)23/h3-4,6,8,16-17H,5,7,9-13H2,1-2H3,(H,25,26). The molecule has 4 rings (SSSR count). The maximum absolute atomic E-state index is 13.4. The lowest BCUT2D eigenvalue weighted by molar-refractivity contribution is -0.147. The third kappa shape index (κ3) is 2.76. The van der Waals surface area contributed by atoms with Gasteiger partial charge in [0, 0.05) is 12.2 Å². The monoisotopic (exact) mass is 353 g/mol. The quantitative estimate of drug-likeness (QED) is 0.811. The molecule has 0 spiro atoms. The van der Waals surface area contributed by atoms with Gasteiger partial charge in [0.25, 0.3) is 0 Å². The molecule has 2 atom stereocenters. The summed E-state index contributed by atoms with van der Waals surface area (Å²) in [6, 6.07) is 7.98. The van der Waals surface area contributed by atoms with Crippen LogP contribution in [0.3, 0.4) is 0 Å². The minimum absolute atomic E-state index is 0.00252. The van der Waals surface area contributed by atoms with Gasteiger partial charge in [-0.05, 0) is 55.6 Å². The van der Waals surface area contributed by atoms with Crippen LogP contribution in [-0.2, 0) is 16.0 Å². The smallest absolute Gasteiger partial charge is 0.307 e. The fourth-order valence-corrected chi connectivity index (χ4v) is 5.23. The largest absolute Gasteiger partial charge is 0.481 e. The lowest BCUT2D eigenvalue weighted by atomic mass is 9.63. The number of aliphatic carboxylic acids is 1. The summed E-state index contributed by atoms with van der Waals surface area (Å²) in [6.45, 7) is 5.11. The molecule has 4 nitrogen and oxygen atoms in total. The molecule has 1 amide bonds. The average molecular weight is 353 g/mol. The third-order valence-corrected chi connectivity index (χ3v) is 6.69. The maximum Gasteiger partial charge on any atom is 0.307 e. The number of amides is 1. The number of anilines is 1. The van der Waals surface area contributed by atoms with Crippen molar-refractivity contribution >= 4 is 17.6 Å². The summed E-state index contributed by atoms with van der Waals surface area (Å²) in [7, 11) is 0. The van der Waals surface area contributed by atoms with E-state index in [2.05, 4.69) is 19.9 Å². The Morgan fingerprint density at radius 2 is 1.88 bits per heavy atom. The highest BCUT2D eigenvalue weighted by atomic mass is 16.4. The second-order valence-electron chi connectivity index (χ2n) is 8.65. The molecule has 0 fully saturated rings. The molecule has 1 N–H and O–H groups in total. The van der Waals surface area contributed by atoms with Crippen LogP contribution in [0.5, 0.6) is 0 Å². The predicted octanol–water partition coefficient (Wildman–Crippen LogP) is 4.19. The molecule has 0 saturated heterocycles. The number of carbonyl (C=O) groups excluding carboxylic acids is 1. The molecule has 1 aromatic rings. The normalized spacial score (nSPS) is 27.1. The summed E-state index contributed by atoms with van der Waals surface area (Å²) in [4.78, 5) is 27.2. The van der Waals surface area contributed by atoms with Crippen molar-refractivity contribution < 1.29 is 14.7 Å². The zero-order chi connectivity index (χ0) is 18.5. The van der Waals surface area contributed by atoms with Gasteiger partial charge in [-0.2, -0.15) is 0 Å². The zero-order valence-corrected chi connectivity index (χ0v) is 15.6. The Labute approximate surface area is 154 Å². The van der Waals surface area contributed by atoms with E-state index in [1.54, 1.807) is 0 Å². The molecule has 2 unspecified atom stereocenters. The number of fused-ring (bicyclic) bond motifs is 1. The van der Waals surface area contributed by atoms with Gasteiger partial charge >= 0.3 is 5.97 Å². The Kier molecular flexibility index (Phi) is 4.17. The van der Waals surface area contributed by atoms with Gasteiger partial charge in [0.2, 0.25) is 5.91 Å². The molecule has 1 aliphatic heterocycles. The Hall–Kier alpha value is -2.10. The van der Waals surface area contributed by atoms with E-state index in [1.807, 2.05) is 23.1 Å². The molecule has 0 bridgehead atoms. The summed E-state index contributed by atoms with van der Waals surface area (Å²) in [5.74, 6) is -1.88. The van der Waals surface area contributed by atoms with Gasteiger partial charge in [-0.15, -0.1) is 0 Å². The molecule has 26 heavy (non-hydrogen) atoms. The van der Waals surface area contributed by atoms with E-state index in [9.17, 15) is 14.7 Å². The van der Waals surface area contributed by atoms with E-state index in [0.717, 1.165) is 31.4 Å². The molecule has 1 heterocycles. The fraction of sp³-hybridized carbons (Fsp3) is 0.545. The number of para-hydroxylation sites is 1. The van der Waals surface area contributed by atoms with Crippen molar-refractivity contribution in [2.75, 3.05) is 11.4 Å². The first-order valence-corrected chi connectivity index (χ1v) is 9.72. The van der Waals surface area contributed by atoms with Crippen LogP contribution in [0.4, 0.5) is 5.69 Å². The number of carboxylic acid groups (broad SMARTS) is 1. The van der Waals surface area contributed by atoms with E-state index in [1.165, 1.54) is 16.7 Å². The number of hydrogen-bond acceptors (Lipinski definition) is 2. The van der Waals surface area contributed by atoms with Gasteiger partial charge in [0.1, 0.15) is 0 Å². The molecule has 1 aromatic carbocycles. The SMILES string of the molecule is CC1(C)CCCC2=C1CC(C(=O)O)C(C(=O)N1CCc3ccccc31)C2. The minimum atomic E-state index is -0.830. The van der Waals surface area contributed by atoms with Crippen molar-refractivity contribution in [3.05, 3.63) is 41.0 Å². The van der Waals surface area contributed by atoms with Crippen molar-refractivity contribution in [2.24, 2.45) is 17.3 Å². The van der Waals surface area contributed by atoms with Crippen molar-refractivity contribution in [1.82, 2.24) is 0 Å². The second-order valence-corrected chi connectivity index (χ2v) is 8.65. The number of nitrogens with zero attached hydrogens (tertiary/aromatic N) is 1. The summed E-state index contributed by atoms with van der Waals surface area (Å²) in [6.07, 6.45) is 5.27. The van der Waals surface area contributed by atoms with Gasteiger partial charge < -0.3 is 10.0 Å². The molecule has 2 aliphatic carbocycles. The molecular weight excluding hydrogens is 326 g/mol. The summed E-state index contributed by atoms with van der Waals surface area (Å²) in [5.41, 5.74) is 4.87. The number of carbonyl (C=O) groups is 2. The highest BCUT2D eigenvalue weighted by Crippen LogP contribution is 2.50. The number of hydrogen-bond donors (Lipinski definition) is 1. The van der Waals surface area contributed by atoms with Crippen molar-refractivity contribution in [3.8, 4) is 0 Å². The van der Waals surface area contributed by atoms with E-state index in [4.69, 9.17) is 0 Å². The third-order valence-electron chi connectivity index (χ3n) is 6.69. The summed E-state index contributed by atoms with van der Waals surface area (Å²) >= 11 is 0. The number of carboxylic acids is 1. The van der Waals surface area contributed by atoms with E-state index < -0.39 is 17.8 Å². The van der Waals surface area contributed by atoms with Crippen LogP contribution in [0.2, 0.25) is 0 Å². The topological polar surface area (TPSA) is 57.6 Å². The Morgan fingerprint density at radius 3 is 2.65 bits per heavy atom. The summed E-state index contributed by atoms with van der Waals surface area (Å²) in [5, 5.41) is 9.86. The highest BCUT2D eigenvalue weighted by molar-refractivity contribution is 5.99. The number of allylic oxidation sites excluding steroid dienone is 2. The van der Waals surface area contributed by atoms with Gasteiger partial charge in [-0.1, -0.05) is 43.2 Å². The van der Waals surface area contributed by atoms with Crippen molar-refractivity contribution in [1.29, 1.82) is 0 Å². The van der Waals surface area contributed by atoms with Gasteiger partial charge in [-0.3, -0.25) is 9.59 Å². The zero-order valence-electron chi connectivity index (χ0n) is 15.6. The van der Waals surface area contributed by atoms with Crippen LogP contribution in [0, 0.1) is 17.3 Å². The van der Waals surface area contributed by atoms with Crippen LogP contribution in [0.1, 0.15) is 51.5 Å². The molecule has 0 radical (unpaired) electrons. The first-order valence-electron chi connectivity index (χ1n) is 9.72. The first-order chi connectivity index (χ1) is 12.4. The molecule has 138 valence electrons. The minimum Gasteiger partial charge on any atom is -0.481 e. The molecule has 3 aliphatic rings. The Bertz CT molecular complexity index is 792. The van der Waals surface area contributed by atoms with E-state index in [0.29, 0.717) is 19.4 Å². The second kappa shape index (κ2) is 6.26. The number of benzene rings is 1. The fourth-order valence-electron chi connectivity index (χ4n) is 5.23. The summed E-state index contributed by atoms with van der Waals surface area (Å²) < 4.78 is 0. The lowest BCUT2D eigenvalue weighted by Gasteiger charge is -2.42. The molecule has 0 saturated carbocycles. The van der Waals surface area contributed by atoms with E-state index >= 15 is 0 Å². The highest BCUT2D eigenvalue weighted by Gasteiger charge is 2.45. The lowest BCUT2D eigenvalue weighted by Crippen LogP contribution is -2.44. The van der Waals surface area contributed by atoms with Crippen LogP contribution in [-0.4, -0.2) is 23.5 Å². The van der Waals surface area contributed by atoms with Crippen LogP contribution < -0.4 is 4.90 Å². The number of rotatable bonds is 2. The van der Waals surface area contributed by atoms with E-state index in [-0.39, 0.29) is 11.3 Å². The van der Waals surface area contributed by atoms with Gasteiger partial charge in [0.05, 0.1) is 11.8 Å². The van der Waals surface area contributed by atoms with Gasteiger partial charge in [0.15, 0.2) is 0 Å². The average Bonchev–Trinajstić information content (AvgIpc) is 3.04. The van der Waals surface area contributed by atoms with Crippen LogP contribution >= 0.6 is 0 Å². The van der Waals surface area contributed by atoms with Crippen LogP contribution in [0.15, 0.2) is 35.4 Å². The molecular formula is C22H27NO3. The first kappa shape index (κ1) is 17.3. The Balaban J connectivity index is 1.66. The molecule has 0 aromatic heterocycles. The van der Waals surface area contributed by atoms with Crippen molar-refractivity contribution in [3.63, 3.8) is 0 Å². The van der Waals surface area contributed by atoms with Crippen molar-refractivity contribution in [2.45, 2.75) is 52.4 Å². The molecule has 4 heteroatoms.